The Hall–Kier alpha value is -2.88. The number of amides is 2. The van der Waals surface area contributed by atoms with E-state index < -0.39 is 52.5 Å². The number of nitrogen functional groups attached to an aromatic ring is 2. The summed E-state index contributed by atoms with van der Waals surface area (Å²) < 4.78 is 39.8. The Labute approximate surface area is 239 Å². The van der Waals surface area contributed by atoms with Gasteiger partial charge >= 0.3 is 35.5 Å². The Morgan fingerprint density at radius 3 is 2.08 bits per heavy atom. The van der Waals surface area contributed by atoms with Crippen molar-refractivity contribution in [3.05, 3.63) is 22.1 Å². The van der Waals surface area contributed by atoms with E-state index in [1.807, 2.05) is 0 Å². The number of ether oxygens (including phenoxy) is 1. The number of nitrogens with zero attached hydrogens (tertiary/aromatic N) is 5. The molecule has 3 heterocycles. The van der Waals surface area contributed by atoms with Gasteiger partial charge in [0.25, 0.3) is 11.8 Å². The normalized spacial score (nSPS) is 17.9. The minimum atomic E-state index is -5.31. The van der Waals surface area contributed by atoms with Crippen molar-refractivity contribution in [1.82, 2.24) is 19.6 Å². The average Bonchev–Trinajstić information content (AvgIpc) is 3.43. The van der Waals surface area contributed by atoms with Crippen LogP contribution in [0.15, 0.2) is 21.1 Å². The van der Waals surface area contributed by atoms with Crippen LogP contribution in [0.2, 0.25) is 0 Å². The van der Waals surface area contributed by atoms with Crippen LogP contribution in [0.3, 0.4) is 0 Å². The molecule has 1 aliphatic heterocycles. The third kappa shape index (κ3) is 6.91. The van der Waals surface area contributed by atoms with Crippen LogP contribution in [0.25, 0.3) is 0 Å². The van der Waals surface area contributed by atoms with Gasteiger partial charge in [0.05, 0.1) is 0 Å². The summed E-state index contributed by atoms with van der Waals surface area (Å²) in [6.07, 6.45) is 0. The second-order valence-corrected chi connectivity index (χ2v) is 9.62. The van der Waals surface area contributed by atoms with Gasteiger partial charge in [-0.25, -0.2) is 27.5 Å². The SMILES string of the molecule is CO/N=C(/C(=O)N[C@@H]1C(=O)N(S(=O)(=O)[O-])[C@@H]1COC(=O)/C(=N/OC)c1csc(N)n1)c1csc(N)n1.[Na+]. The van der Waals surface area contributed by atoms with Crippen molar-refractivity contribution in [3.8, 4) is 0 Å². The van der Waals surface area contributed by atoms with E-state index in [-0.39, 0.29) is 61.2 Å². The van der Waals surface area contributed by atoms with Crippen LogP contribution in [0.4, 0.5) is 10.3 Å². The van der Waals surface area contributed by atoms with Crippen LogP contribution in [0.5, 0.6) is 0 Å². The summed E-state index contributed by atoms with van der Waals surface area (Å²) in [6, 6.07) is -3.16. The first kappa shape index (κ1) is 30.3. The molecule has 194 valence electrons. The van der Waals surface area contributed by atoms with Crippen molar-refractivity contribution in [3.63, 3.8) is 0 Å². The smallest absolute Gasteiger partial charge is 0.731 e. The number of β-lactam (4-membered cyclic amide) rings is 1. The van der Waals surface area contributed by atoms with Gasteiger partial charge in [0.15, 0.2) is 26.3 Å². The number of hydrogen-bond acceptors (Lipinski definition) is 17. The van der Waals surface area contributed by atoms with Crippen LogP contribution in [-0.2, 0) is 39.1 Å². The van der Waals surface area contributed by atoms with Crippen molar-refractivity contribution in [1.29, 1.82) is 0 Å². The average molecular weight is 585 g/mol. The summed E-state index contributed by atoms with van der Waals surface area (Å²) in [6.45, 7) is -0.820. The number of anilines is 2. The number of carbonyl (C=O) groups is 3. The van der Waals surface area contributed by atoms with Crippen LogP contribution >= 0.6 is 22.7 Å². The molecule has 2 atom stereocenters. The van der Waals surface area contributed by atoms with Gasteiger partial charge < -0.3 is 35.7 Å². The molecule has 1 aliphatic rings. The number of oxime groups is 2. The zero-order valence-corrected chi connectivity index (χ0v) is 23.8. The van der Waals surface area contributed by atoms with Gasteiger partial charge in [0, 0.05) is 10.8 Å². The number of thiazole rings is 2. The van der Waals surface area contributed by atoms with Gasteiger partial charge in [0.1, 0.15) is 44.3 Å². The van der Waals surface area contributed by atoms with E-state index in [1.165, 1.54) is 10.8 Å². The Kier molecular flexibility index (Phi) is 10.3. The van der Waals surface area contributed by atoms with Gasteiger partial charge in [-0.05, 0) is 0 Å². The maximum atomic E-state index is 12.8. The molecule has 3 rings (SSSR count). The van der Waals surface area contributed by atoms with Crippen molar-refractivity contribution >= 4 is 72.4 Å². The number of esters is 1. The third-order valence-corrected chi connectivity index (χ3v) is 6.66. The molecule has 17 nitrogen and oxygen atoms in total. The fourth-order valence-corrected chi connectivity index (χ4v) is 4.87. The second kappa shape index (κ2) is 12.6. The van der Waals surface area contributed by atoms with E-state index in [4.69, 9.17) is 16.2 Å². The quantitative estimate of drug-likeness (QED) is 0.0590. The van der Waals surface area contributed by atoms with Gasteiger partial charge in [-0.2, -0.15) is 0 Å². The molecule has 0 bridgehead atoms. The van der Waals surface area contributed by atoms with E-state index in [9.17, 15) is 27.4 Å². The topological polar surface area (TPSA) is 254 Å². The molecular weight excluding hydrogens is 567 g/mol. The molecule has 0 spiro atoms. The third-order valence-electron chi connectivity index (χ3n) is 4.38. The minimum Gasteiger partial charge on any atom is -0.731 e. The van der Waals surface area contributed by atoms with Crippen molar-refractivity contribution in [2.24, 2.45) is 10.3 Å². The summed E-state index contributed by atoms with van der Waals surface area (Å²) in [7, 11) is -3.01. The number of carbonyl (C=O) groups excluding carboxylic acids is 3. The first-order valence-electron chi connectivity index (χ1n) is 9.40. The molecule has 21 heteroatoms. The standard InChI is InChI=1S/C16H18N8O9S3.Na/c1-31-22-9(6-4-34-15(17)19-6)12(25)21-11-8(24(13(11)26)36(28,29)30)3-33-14(27)10(23-32-2)7-5-35-16(18)20-7;/h4-5,8,11H,3H2,1-2H3,(H2,17,19)(H2,18,20)(H,21,25)(H,28,29,30);/q;+1/p-1/b22-9+,23-10+;/t8-,11+;/m1./s1. The molecular formula is C16H17N8NaO9S3. The van der Waals surface area contributed by atoms with E-state index in [0.717, 1.165) is 36.9 Å². The van der Waals surface area contributed by atoms with E-state index in [2.05, 4.69) is 35.3 Å². The van der Waals surface area contributed by atoms with Gasteiger partial charge in [-0.3, -0.25) is 9.59 Å². The first-order valence-corrected chi connectivity index (χ1v) is 12.5. The van der Waals surface area contributed by atoms with Crippen LogP contribution in [0, 0.1) is 0 Å². The molecule has 37 heavy (non-hydrogen) atoms. The summed E-state index contributed by atoms with van der Waals surface area (Å²) in [5.74, 6) is -3.39. The molecule has 1 fully saturated rings. The molecule has 0 saturated carbocycles. The second-order valence-electron chi connectivity index (χ2n) is 6.60. The van der Waals surface area contributed by atoms with Gasteiger partial charge in [-0.15, -0.1) is 22.7 Å². The maximum Gasteiger partial charge on any atom is 1.00 e. The van der Waals surface area contributed by atoms with E-state index >= 15 is 0 Å². The zero-order chi connectivity index (χ0) is 26.6. The van der Waals surface area contributed by atoms with E-state index in [1.54, 1.807) is 0 Å². The van der Waals surface area contributed by atoms with Gasteiger partial charge in [0.2, 0.25) is 5.71 Å². The molecule has 5 N–H and O–H groups in total. The summed E-state index contributed by atoms with van der Waals surface area (Å²) >= 11 is 2.00. The summed E-state index contributed by atoms with van der Waals surface area (Å²) in [5, 5.41) is 12.3. The Balaban J connectivity index is 0.00000481. The predicted molar refractivity (Wildman–Crippen MR) is 123 cm³/mol. The Morgan fingerprint density at radius 2 is 1.62 bits per heavy atom. The summed E-state index contributed by atoms with van der Waals surface area (Å²) in [4.78, 5) is 54.7. The number of nitrogens with one attached hydrogen (secondary N) is 1. The number of aromatic nitrogens is 2. The Bertz CT molecular complexity index is 1340. The first-order chi connectivity index (χ1) is 17.0. The van der Waals surface area contributed by atoms with Crippen molar-refractivity contribution < 1.29 is 71.3 Å². The molecule has 0 aliphatic carbocycles. The Morgan fingerprint density at radius 1 is 1.11 bits per heavy atom. The van der Waals surface area contributed by atoms with Gasteiger partial charge in [-0.1, -0.05) is 10.3 Å². The zero-order valence-electron chi connectivity index (χ0n) is 19.3. The molecule has 1 saturated heterocycles. The van der Waals surface area contributed by atoms with Crippen LogP contribution < -0.4 is 46.3 Å². The largest absolute Gasteiger partial charge is 1.00 e. The van der Waals surface area contributed by atoms with Crippen LogP contribution in [-0.4, -0.2) is 89.4 Å². The molecule has 0 radical (unpaired) electrons. The number of rotatable bonds is 10. The molecule has 0 unspecified atom stereocenters. The minimum absolute atomic E-state index is 0. The van der Waals surface area contributed by atoms with Crippen molar-refractivity contribution in [2.75, 3.05) is 32.3 Å². The van der Waals surface area contributed by atoms with Crippen molar-refractivity contribution in [2.45, 2.75) is 12.1 Å². The fraction of sp³-hybridized carbons (Fsp3) is 0.312. The molecule has 0 aromatic carbocycles. The predicted octanol–water partition coefficient (Wildman–Crippen LogP) is -5.13. The number of hydrogen-bond donors (Lipinski definition) is 3. The number of nitrogens with two attached hydrogens (primary N) is 2. The molecule has 2 aromatic heterocycles. The summed E-state index contributed by atoms with van der Waals surface area (Å²) in [5.41, 5.74) is 10.3. The monoisotopic (exact) mass is 584 g/mol. The molecule has 2 amide bonds. The van der Waals surface area contributed by atoms with Crippen LogP contribution in [0.1, 0.15) is 11.4 Å². The molecule has 2 aromatic rings. The fourth-order valence-electron chi connectivity index (χ4n) is 2.92. The maximum absolute atomic E-state index is 12.8. The van der Waals surface area contributed by atoms with E-state index in [0.29, 0.717) is 0 Å².